The summed E-state index contributed by atoms with van der Waals surface area (Å²) in [4.78, 5) is 0. The molecule has 0 bridgehead atoms. The molecule has 17 heavy (non-hydrogen) atoms. The first-order valence-electron chi connectivity index (χ1n) is 6.45. The van der Waals surface area contributed by atoms with Crippen LogP contribution < -0.4 is 4.57 Å². The van der Waals surface area contributed by atoms with Crippen molar-refractivity contribution < 1.29 is 4.57 Å². The lowest BCUT2D eigenvalue weighted by atomic mass is 9.95. The van der Waals surface area contributed by atoms with Gasteiger partial charge in [-0.1, -0.05) is 18.6 Å². The molecule has 88 valence electrons. The van der Waals surface area contributed by atoms with E-state index in [9.17, 15) is 0 Å². The van der Waals surface area contributed by atoms with Gasteiger partial charge in [-0.15, -0.1) is 0 Å². The minimum atomic E-state index is 0.586. The lowest BCUT2D eigenvalue weighted by Gasteiger charge is -2.19. The summed E-state index contributed by atoms with van der Waals surface area (Å²) in [6.07, 6.45) is 6.56. The molecule has 0 atom stereocenters. The van der Waals surface area contributed by atoms with Crippen LogP contribution in [0.2, 0.25) is 5.15 Å². The molecule has 1 aromatic heterocycles. The SMILES string of the molecule is Clc1ccc2ccccc2[n+]1C1CCCCC1. The van der Waals surface area contributed by atoms with Crippen LogP contribution in [0.25, 0.3) is 10.9 Å². The van der Waals surface area contributed by atoms with Crippen molar-refractivity contribution in [2.45, 2.75) is 38.1 Å². The van der Waals surface area contributed by atoms with Gasteiger partial charge in [-0.3, -0.25) is 0 Å². The van der Waals surface area contributed by atoms with Gasteiger partial charge in [0.05, 0.1) is 0 Å². The van der Waals surface area contributed by atoms with Crippen LogP contribution in [0.1, 0.15) is 38.1 Å². The van der Waals surface area contributed by atoms with Crippen molar-refractivity contribution in [2.75, 3.05) is 0 Å². The van der Waals surface area contributed by atoms with Gasteiger partial charge in [-0.2, -0.15) is 4.57 Å². The Kier molecular flexibility index (Phi) is 3.02. The number of para-hydroxylation sites is 1. The Morgan fingerprint density at radius 2 is 1.71 bits per heavy atom. The number of rotatable bonds is 1. The zero-order valence-corrected chi connectivity index (χ0v) is 10.7. The van der Waals surface area contributed by atoms with E-state index < -0.39 is 0 Å². The molecule has 3 rings (SSSR count). The molecule has 1 nitrogen and oxygen atoms in total. The molecule has 2 aromatic rings. The lowest BCUT2D eigenvalue weighted by Crippen LogP contribution is -2.42. The molecule has 1 heterocycles. The quantitative estimate of drug-likeness (QED) is 0.522. The maximum absolute atomic E-state index is 6.40. The molecule has 1 aromatic carbocycles. The number of fused-ring (bicyclic) bond motifs is 1. The van der Waals surface area contributed by atoms with Crippen LogP contribution in [0.5, 0.6) is 0 Å². The van der Waals surface area contributed by atoms with Crippen molar-refractivity contribution in [2.24, 2.45) is 0 Å². The number of benzene rings is 1. The van der Waals surface area contributed by atoms with Gasteiger partial charge in [0.25, 0.3) is 5.15 Å². The number of aromatic nitrogens is 1. The minimum absolute atomic E-state index is 0.586. The standard InChI is InChI=1S/C15H17ClN/c16-15-11-10-12-6-4-5-9-14(12)17(15)13-7-2-1-3-8-13/h4-6,9-11,13H,1-3,7-8H2/q+1. The van der Waals surface area contributed by atoms with Crippen molar-refractivity contribution >= 4 is 22.5 Å². The largest absolute Gasteiger partial charge is 0.275 e. The van der Waals surface area contributed by atoms with Crippen LogP contribution in [0.4, 0.5) is 0 Å². The predicted octanol–water partition coefficient (Wildman–Crippen LogP) is 4.29. The van der Waals surface area contributed by atoms with Crippen molar-refractivity contribution in [3.05, 3.63) is 41.6 Å². The first kappa shape index (κ1) is 11.0. The van der Waals surface area contributed by atoms with Crippen LogP contribution in [0.15, 0.2) is 36.4 Å². The van der Waals surface area contributed by atoms with Gasteiger partial charge in [0.1, 0.15) is 0 Å². The molecule has 0 aliphatic heterocycles. The monoisotopic (exact) mass is 246 g/mol. The van der Waals surface area contributed by atoms with Crippen LogP contribution in [-0.4, -0.2) is 0 Å². The molecule has 0 amide bonds. The van der Waals surface area contributed by atoms with E-state index in [1.807, 2.05) is 6.07 Å². The van der Waals surface area contributed by atoms with Crippen LogP contribution in [0.3, 0.4) is 0 Å². The highest BCUT2D eigenvalue weighted by Gasteiger charge is 2.26. The summed E-state index contributed by atoms with van der Waals surface area (Å²) >= 11 is 6.40. The molecule has 2 heteroatoms. The van der Waals surface area contributed by atoms with Crippen LogP contribution in [-0.2, 0) is 0 Å². The normalized spacial score (nSPS) is 17.5. The average molecular weight is 247 g/mol. The van der Waals surface area contributed by atoms with E-state index in [4.69, 9.17) is 11.6 Å². The van der Waals surface area contributed by atoms with Gasteiger partial charge in [-0.25, -0.2) is 0 Å². The summed E-state index contributed by atoms with van der Waals surface area (Å²) in [7, 11) is 0. The number of hydrogen-bond acceptors (Lipinski definition) is 0. The molecule has 0 unspecified atom stereocenters. The van der Waals surface area contributed by atoms with Crippen LogP contribution >= 0.6 is 11.6 Å². The third-order valence-corrected chi connectivity index (χ3v) is 4.07. The average Bonchev–Trinajstić information content (AvgIpc) is 2.39. The summed E-state index contributed by atoms with van der Waals surface area (Å²) in [6, 6.07) is 13.2. The first-order chi connectivity index (χ1) is 8.36. The van der Waals surface area contributed by atoms with Crippen molar-refractivity contribution in [3.8, 4) is 0 Å². The van der Waals surface area contributed by atoms with Crippen molar-refractivity contribution in [1.29, 1.82) is 0 Å². The smallest absolute Gasteiger partial charge is 0.179 e. The fourth-order valence-corrected chi connectivity index (χ4v) is 3.20. The Labute approximate surface area is 107 Å². The second kappa shape index (κ2) is 4.66. The van der Waals surface area contributed by atoms with Gasteiger partial charge < -0.3 is 0 Å². The lowest BCUT2D eigenvalue weighted by molar-refractivity contribution is -0.699. The van der Waals surface area contributed by atoms with E-state index in [1.54, 1.807) is 0 Å². The highest BCUT2D eigenvalue weighted by molar-refractivity contribution is 6.28. The third kappa shape index (κ3) is 2.04. The van der Waals surface area contributed by atoms with Gasteiger partial charge in [-0.05, 0) is 36.6 Å². The van der Waals surface area contributed by atoms with Crippen molar-refractivity contribution in [3.63, 3.8) is 0 Å². The van der Waals surface area contributed by atoms with E-state index in [-0.39, 0.29) is 0 Å². The zero-order chi connectivity index (χ0) is 11.7. The summed E-state index contributed by atoms with van der Waals surface area (Å²) in [5, 5.41) is 2.15. The van der Waals surface area contributed by atoms with E-state index in [1.165, 1.54) is 43.0 Å². The number of hydrogen-bond donors (Lipinski definition) is 0. The topological polar surface area (TPSA) is 3.88 Å². The maximum atomic E-state index is 6.40. The molecule has 0 N–H and O–H groups in total. The molecule has 0 spiro atoms. The molecule has 1 aliphatic carbocycles. The van der Waals surface area contributed by atoms with E-state index in [2.05, 4.69) is 34.9 Å². The Balaban J connectivity index is 2.15. The fraction of sp³-hybridized carbons (Fsp3) is 0.400. The molecule has 1 fully saturated rings. The maximum Gasteiger partial charge on any atom is 0.275 e. The Morgan fingerprint density at radius 3 is 2.53 bits per heavy atom. The summed E-state index contributed by atoms with van der Waals surface area (Å²) < 4.78 is 2.33. The highest BCUT2D eigenvalue weighted by Crippen LogP contribution is 2.27. The third-order valence-electron chi connectivity index (χ3n) is 3.77. The number of pyridine rings is 1. The molecule has 0 saturated heterocycles. The summed E-state index contributed by atoms with van der Waals surface area (Å²) in [5.74, 6) is 0. The second-order valence-electron chi connectivity index (χ2n) is 4.88. The Hall–Kier alpha value is -1.08. The highest BCUT2D eigenvalue weighted by atomic mass is 35.5. The van der Waals surface area contributed by atoms with Gasteiger partial charge in [0.15, 0.2) is 6.04 Å². The molecule has 1 saturated carbocycles. The van der Waals surface area contributed by atoms with Crippen LogP contribution in [0, 0.1) is 0 Å². The fourth-order valence-electron chi connectivity index (χ4n) is 2.91. The Morgan fingerprint density at radius 1 is 0.941 bits per heavy atom. The second-order valence-corrected chi connectivity index (χ2v) is 5.26. The van der Waals surface area contributed by atoms with E-state index >= 15 is 0 Å². The predicted molar refractivity (Wildman–Crippen MR) is 71.3 cm³/mol. The Bertz CT molecular complexity index is 529. The van der Waals surface area contributed by atoms with E-state index in [0.29, 0.717) is 6.04 Å². The number of nitrogens with zero attached hydrogens (tertiary/aromatic N) is 1. The molecule has 0 radical (unpaired) electrons. The van der Waals surface area contributed by atoms with Gasteiger partial charge >= 0.3 is 0 Å². The zero-order valence-electron chi connectivity index (χ0n) is 9.90. The summed E-state index contributed by atoms with van der Waals surface area (Å²) in [6.45, 7) is 0. The molecular formula is C15H17ClN+. The molecular weight excluding hydrogens is 230 g/mol. The molecule has 1 aliphatic rings. The van der Waals surface area contributed by atoms with E-state index in [0.717, 1.165) is 5.15 Å². The van der Waals surface area contributed by atoms with Gasteiger partial charge in [0.2, 0.25) is 5.52 Å². The minimum Gasteiger partial charge on any atom is -0.179 e. The number of halogens is 1. The van der Waals surface area contributed by atoms with Gasteiger partial charge in [0, 0.05) is 30.4 Å². The first-order valence-corrected chi connectivity index (χ1v) is 6.83. The summed E-state index contributed by atoms with van der Waals surface area (Å²) in [5.41, 5.74) is 1.27. The van der Waals surface area contributed by atoms with Crippen molar-refractivity contribution in [1.82, 2.24) is 0 Å².